The minimum absolute atomic E-state index is 0.837. The Hall–Kier alpha value is -1.35. The molecule has 16 heavy (non-hydrogen) atoms. The van der Waals surface area contributed by atoms with Gasteiger partial charge in [-0.1, -0.05) is 12.1 Å². The number of fused-ring (bicyclic) bond motifs is 1. The van der Waals surface area contributed by atoms with Crippen LogP contribution in [0.4, 0.5) is 0 Å². The lowest BCUT2D eigenvalue weighted by atomic mass is 10.2. The lowest BCUT2D eigenvalue weighted by Crippen LogP contribution is -1.99. The standard InChI is InChI=1S/C13H18N2O/c1-15-12-8-4-3-7-11(12)14-13(15)9-5-6-10-16-2/h3-4,7-8H,5-6,9-10H2,1-2H3. The van der Waals surface area contributed by atoms with Crippen LogP contribution in [0.25, 0.3) is 11.0 Å². The van der Waals surface area contributed by atoms with Crippen LogP contribution in [-0.2, 0) is 18.2 Å². The largest absolute Gasteiger partial charge is 0.385 e. The maximum absolute atomic E-state index is 5.04. The van der Waals surface area contributed by atoms with Crippen molar-refractivity contribution in [2.75, 3.05) is 13.7 Å². The topological polar surface area (TPSA) is 27.1 Å². The predicted octanol–water partition coefficient (Wildman–Crippen LogP) is 2.54. The van der Waals surface area contributed by atoms with Crippen LogP contribution in [-0.4, -0.2) is 23.3 Å². The second-order valence-electron chi connectivity index (χ2n) is 4.03. The van der Waals surface area contributed by atoms with E-state index in [0.717, 1.165) is 37.2 Å². The van der Waals surface area contributed by atoms with E-state index in [-0.39, 0.29) is 0 Å². The lowest BCUT2D eigenvalue weighted by Gasteiger charge is -2.02. The summed E-state index contributed by atoms with van der Waals surface area (Å²) in [5.74, 6) is 1.16. The molecule has 3 heteroatoms. The van der Waals surface area contributed by atoms with Crippen LogP contribution in [0.1, 0.15) is 18.7 Å². The molecule has 0 aliphatic heterocycles. The van der Waals surface area contributed by atoms with Gasteiger partial charge in [-0.15, -0.1) is 0 Å². The van der Waals surface area contributed by atoms with Crippen molar-refractivity contribution in [2.24, 2.45) is 7.05 Å². The van der Waals surface area contributed by atoms with Gasteiger partial charge >= 0.3 is 0 Å². The van der Waals surface area contributed by atoms with Gasteiger partial charge in [-0.05, 0) is 25.0 Å². The molecule has 0 N–H and O–H groups in total. The number of ether oxygens (including phenoxy) is 1. The summed E-state index contributed by atoms with van der Waals surface area (Å²) in [6.07, 6.45) is 3.25. The first-order valence-corrected chi connectivity index (χ1v) is 5.72. The number of aromatic nitrogens is 2. The molecule has 0 radical (unpaired) electrons. The smallest absolute Gasteiger partial charge is 0.109 e. The molecular formula is C13H18N2O. The van der Waals surface area contributed by atoms with Crippen LogP contribution >= 0.6 is 0 Å². The van der Waals surface area contributed by atoms with E-state index >= 15 is 0 Å². The van der Waals surface area contributed by atoms with Gasteiger partial charge in [0.1, 0.15) is 5.82 Å². The first-order chi connectivity index (χ1) is 7.83. The molecule has 0 unspecified atom stereocenters. The molecule has 1 heterocycles. The second-order valence-corrected chi connectivity index (χ2v) is 4.03. The summed E-state index contributed by atoms with van der Waals surface area (Å²) in [4.78, 5) is 4.63. The maximum atomic E-state index is 5.04. The van der Waals surface area contributed by atoms with Gasteiger partial charge in [0.2, 0.25) is 0 Å². The predicted molar refractivity (Wildman–Crippen MR) is 65.5 cm³/mol. The van der Waals surface area contributed by atoms with Crippen molar-refractivity contribution in [1.29, 1.82) is 0 Å². The summed E-state index contributed by atoms with van der Waals surface area (Å²) < 4.78 is 7.22. The molecule has 2 aromatic rings. The highest BCUT2D eigenvalue weighted by Gasteiger charge is 2.05. The molecule has 1 aromatic heterocycles. The number of benzene rings is 1. The first kappa shape index (κ1) is 11.1. The Bertz CT molecular complexity index is 462. The molecule has 0 aliphatic rings. The summed E-state index contributed by atoms with van der Waals surface area (Å²) in [5, 5.41) is 0. The van der Waals surface area contributed by atoms with E-state index in [9.17, 15) is 0 Å². The third-order valence-corrected chi connectivity index (χ3v) is 2.88. The van der Waals surface area contributed by atoms with Crippen LogP contribution in [0.2, 0.25) is 0 Å². The van der Waals surface area contributed by atoms with Crippen molar-refractivity contribution >= 4 is 11.0 Å². The van der Waals surface area contributed by atoms with Gasteiger partial charge in [0.25, 0.3) is 0 Å². The van der Waals surface area contributed by atoms with Crippen LogP contribution in [0.5, 0.6) is 0 Å². The van der Waals surface area contributed by atoms with Crippen LogP contribution in [0, 0.1) is 0 Å². The zero-order valence-corrected chi connectivity index (χ0v) is 9.94. The summed E-state index contributed by atoms with van der Waals surface area (Å²) in [5.41, 5.74) is 2.30. The van der Waals surface area contributed by atoms with E-state index in [4.69, 9.17) is 4.74 Å². The van der Waals surface area contributed by atoms with Crippen molar-refractivity contribution in [3.8, 4) is 0 Å². The molecule has 3 nitrogen and oxygen atoms in total. The van der Waals surface area contributed by atoms with Crippen LogP contribution in [0.15, 0.2) is 24.3 Å². The van der Waals surface area contributed by atoms with E-state index < -0.39 is 0 Å². The third-order valence-electron chi connectivity index (χ3n) is 2.88. The molecule has 0 saturated carbocycles. The average molecular weight is 218 g/mol. The molecule has 86 valence electrons. The zero-order valence-electron chi connectivity index (χ0n) is 9.94. The van der Waals surface area contributed by atoms with Crippen LogP contribution < -0.4 is 0 Å². The van der Waals surface area contributed by atoms with Gasteiger partial charge in [-0.25, -0.2) is 4.98 Å². The van der Waals surface area contributed by atoms with Crippen molar-refractivity contribution < 1.29 is 4.74 Å². The fraction of sp³-hybridized carbons (Fsp3) is 0.462. The first-order valence-electron chi connectivity index (χ1n) is 5.72. The van der Waals surface area contributed by atoms with Crippen molar-refractivity contribution in [2.45, 2.75) is 19.3 Å². The van der Waals surface area contributed by atoms with Crippen LogP contribution in [0.3, 0.4) is 0 Å². The Kier molecular flexibility index (Phi) is 3.57. The molecule has 0 bridgehead atoms. The van der Waals surface area contributed by atoms with E-state index in [0.29, 0.717) is 0 Å². The summed E-state index contributed by atoms with van der Waals surface area (Å²) >= 11 is 0. The Morgan fingerprint density at radius 1 is 1.25 bits per heavy atom. The number of hydrogen-bond acceptors (Lipinski definition) is 2. The van der Waals surface area contributed by atoms with Gasteiger partial charge in [0.05, 0.1) is 11.0 Å². The normalized spacial score (nSPS) is 11.1. The summed E-state index contributed by atoms with van der Waals surface area (Å²) in [7, 11) is 3.83. The Labute approximate surface area is 96.1 Å². The molecule has 0 aliphatic carbocycles. The van der Waals surface area contributed by atoms with Crippen molar-refractivity contribution in [3.05, 3.63) is 30.1 Å². The number of unbranched alkanes of at least 4 members (excludes halogenated alkanes) is 1. The zero-order chi connectivity index (χ0) is 11.4. The second kappa shape index (κ2) is 5.12. The number of imidazole rings is 1. The molecule has 0 saturated heterocycles. The summed E-state index contributed by atoms with van der Waals surface area (Å²) in [6.45, 7) is 0.837. The lowest BCUT2D eigenvalue weighted by molar-refractivity contribution is 0.192. The van der Waals surface area contributed by atoms with E-state index in [1.807, 2.05) is 6.07 Å². The van der Waals surface area contributed by atoms with E-state index in [1.165, 1.54) is 5.52 Å². The maximum Gasteiger partial charge on any atom is 0.109 e. The molecule has 0 amide bonds. The van der Waals surface area contributed by atoms with Crippen molar-refractivity contribution in [1.82, 2.24) is 9.55 Å². The van der Waals surface area contributed by atoms with Gasteiger partial charge in [-0.2, -0.15) is 0 Å². The Morgan fingerprint density at radius 3 is 2.81 bits per heavy atom. The molecule has 1 aromatic carbocycles. The Morgan fingerprint density at radius 2 is 2.06 bits per heavy atom. The highest BCUT2D eigenvalue weighted by Crippen LogP contribution is 2.15. The average Bonchev–Trinajstić information content (AvgIpc) is 2.63. The molecule has 0 atom stereocenters. The van der Waals surface area contributed by atoms with Crippen molar-refractivity contribution in [3.63, 3.8) is 0 Å². The fourth-order valence-electron chi connectivity index (χ4n) is 1.95. The molecule has 2 rings (SSSR count). The minimum Gasteiger partial charge on any atom is -0.385 e. The molecule has 0 fully saturated rings. The monoisotopic (exact) mass is 218 g/mol. The van der Waals surface area contributed by atoms with Gasteiger partial charge in [0.15, 0.2) is 0 Å². The SMILES string of the molecule is COCCCCc1nc2ccccc2n1C. The number of hydrogen-bond donors (Lipinski definition) is 0. The highest BCUT2D eigenvalue weighted by atomic mass is 16.5. The quantitative estimate of drug-likeness (QED) is 0.721. The van der Waals surface area contributed by atoms with Gasteiger partial charge in [0, 0.05) is 27.2 Å². The highest BCUT2D eigenvalue weighted by molar-refractivity contribution is 5.75. The number of rotatable bonds is 5. The van der Waals surface area contributed by atoms with E-state index in [1.54, 1.807) is 7.11 Å². The number of nitrogens with zero attached hydrogens (tertiary/aromatic N) is 2. The number of methoxy groups -OCH3 is 1. The molecule has 0 spiro atoms. The van der Waals surface area contributed by atoms with Gasteiger partial charge < -0.3 is 9.30 Å². The van der Waals surface area contributed by atoms with Gasteiger partial charge in [-0.3, -0.25) is 0 Å². The third kappa shape index (κ3) is 2.25. The van der Waals surface area contributed by atoms with E-state index in [2.05, 4.69) is 34.8 Å². The number of aryl methyl sites for hydroxylation is 2. The Balaban J connectivity index is 2.09. The number of para-hydroxylation sites is 2. The minimum atomic E-state index is 0.837. The summed E-state index contributed by atoms with van der Waals surface area (Å²) in [6, 6.07) is 8.26. The fourth-order valence-corrected chi connectivity index (χ4v) is 1.95. The molecular weight excluding hydrogens is 200 g/mol.